The van der Waals surface area contributed by atoms with Gasteiger partial charge in [-0.2, -0.15) is 8.78 Å². The Morgan fingerprint density at radius 2 is 2.00 bits per heavy atom. The van der Waals surface area contributed by atoms with Gasteiger partial charge >= 0.3 is 18.6 Å². The van der Waals surface area contributed by atoms with Gasteiger partial charge in [-0.15, -0.1) is 0 Å². The van der Waals surface area contributed by atoms with E-state index in [1.54, 1.807) is 6.92 Å². The van der Waals surface area contributed by atoms with E-state index in [1.807, 2.05) is 0 Å². The zero-order valence-corrected chi connectivity index (χ0v) is 11.7. The zero-order chi connectivity index (χ0) is 15.8. The standard InChI is InChI=1S/C14H16F2O5/c1-3-20-12(17)7-6-9-4-5-10(13(18)19-2)8-11(9)21-14(15)16/h4-5,8,14H,3,6-7H2,1-2H3. The number of carbonyl (C=O) groups excluding carboxylic acids is 2. The molecule has 0 N–H and O–H groups in total. The molecule has 21 heavy (non-hydrogen) atoms. The van der Waals surface area contributed by atoms with Crippen molar-refractivity contribution in [2.24, 2.45) is 0 Å². The Bertz CT molecular complexity index is 502. The topological polar surface area (TPSA) is 61.8 Å². The Morgan fingerprint density at radius 1 is 1.29 bits per heavy atom. The van der Waals surface area contributed by atoms with Gasteiger partial charge in [0.15, 0.2) is 0 Å². The van der Waals surface area contributed by atoms with Gasteiger partial charge in [-0.05, 0) is 31.0 Å². The Kier molecular flexibility index (Phi) is 6.58. The van der Waals surface area contributed by atoms with Crippen LogP contribution in [0.2, 0.25) is 0 Å². The summed E-state index contributed by atoms with van der Waals surface area (Å²) in [6.07, 6.45) is 0.202. The van der Waals surface area contributed by atoms with Crippen molar-refractivity contribution in [1.82, 2.24) is 0 Å². The van der Waals surface area contributed by atoms with E-state index in [-0.39, 0.29) is 30.8 Å². The molecule has 1 rings (SSSR count). The fourth-order valence-electron chi connectivity index (χ4n) is 1.68. The molecule has 0 fully saturated rings. The SMILES string of the molecule is CCOC(=O)CCc1ccc(C(=O)OC)cc1OC(F)F. The number of benzene rings is 1. The molecule has 0 aliphatic rings. The summed E-state index contributed by atoms with van der Waals surface area (Å²) in [4.78, 5) is 22.7. The van der Waals surface area contributed by atoms with Gasteiger partial charge in [0.05, 0.1) is 19.3 Å². The third-order valence-electron chi connectivity index (χ3n) is 2.61. The lowest BCUT2D eigenvalue weighted by Gasteiger charge is -2.12. The molecule has 0 heterocycles. The molecule has 0 atom stereocenters. The third-order valence-corrected chi connectivity index (χ3v) is 2.61. The highest BCUT2D eigenvalue weighted by Crippen LogP contribution is 2.24. The molecule has 0 amide bonds. The molecule has 1 aromatic carbocycles. The van der Waals surface area contributed by atoms with Crippen molar-refractivity contribution in [1.29, 1.82) is 0 Å². The number of aryl methyl sites for hydroxylation is 1. The summed E-state index contributed by atoms with van der Waals surface area (Å²) in [5.41, 5.74) is 0.476. The molecule has 7 heteroatoms. The zero-order valence-electron chi connectivity index (χ0n) is 11.7. The lowest BCUT2D eigenvalue weighted by atomic mass is 10.1. The highest BCUT2D eigenvalue weighted by atomic mass is 19.3. The number of ether oxygens (including phenoxy) is 3. The number of hydrogen-bond acceptors (Lipinski definition) is 5. The first-order chi connectivity index (χ1) is 9.97. The van der Waals surface area contributed by atoms with E-state index in [4.69, 9.17) is 4.74 Å². The summed E-state index contributed by atoms with van der Waals surface area (Å²) in [6.45, 7) is -1.10. The van der Waals surface area contributed by atoms with Gasteiger partial charge in [-0.25, -0.2) is 4.79 Å². The predicted molar refractivity (Wildman–Crippen MR) is 69.4 cm³/mol. The van der Waals surface area contributed by atoms with Crippen molar-refractivity contribution >= 4 is 11.9 Å². The second-order valence-electron chi connectivity index (χ2n) is 4.00. The third kappa shape index (κ3) is 5.37. The normalized spacial score (nSPS) is 10.3. The van der Waals surface area contributed by atoms with Crippen LogP contribution in [-0.4, -0.2) is 32.3 Å². The molecule has 1 aromatic rings. The Balaban J connectivity index is 2.90. The molecule has 0 saturated heterocycles. The van der Waals surface area contributed by atoms with Crippen LogP contribution in [0.25, 0.3) is 0 Å². The van der Waals surface area contributed by atoms with E-state index >= 15 is 0 Å². The maximum Gasteiger partial charge on any atom is 0.387 e. The molecule has 116 valence electrons. The fourth-order valence-corrected chi connectivity index (χ4v) is 1.68. The van der Waals surface area contributed by atoms with Crippen molar-refractivity contribution in [2.45, 2.75) is 26.4 Å². The van der Waals surface area contributed by atoms with Crippen molar-refractivity contribution in [2.75, 3.05) is 13.7 Å². The molecule has 0 unspecified atom stereocenters. The Labute approximate surface area is 120 Å². The summed E-state index contributed by atoms with van der Waals surface area (Å²) in [5, 5.41) is 0. The number of methoxy groups -OCH3 is 1. The predicted octanol–water partition coefficient (Wildman–Crippen LogP) is 2.57. The maximum absolute atomic E-state index is 12.4. The molecule has 0 aromatic heterocycles. The highest BCUT2D eigenvalue weighted by molar-refractivity contribution is 5.90. The molecule has 0 aliphatic carbocycles. The van der Waals surface area contributed by atoms with Crippen LogP contribution in [0.5, 0.6) is 5.75 Å². The molecule has 0 saturated carbocycles. The van der Waals surface area contributed by atoms with E-state index in [0.717, 1.165) is 0 Å². The van der Waals surface area contributed by atoms with E-state index in [9.17, 15) is 18.4 Å². The molecule has 5 nitrogen and oxygen atoms in total. The first-order valence-electron chi connectivity index (χ1n) is 6.29. The number of carbonyl (C=O) groups is 2. The fraction of sp³-hybridized carbons (Fsp3) is 0.429. The van der Waals surface area contributed by atoms with Gasteiger partial charge in [-0.3, -0.25) is 4.79 Å². The van der Waals surface area contributed by atoms with Crippen LogP contribution in [0.4, 0.5) is 8.78 Å². The average Bonchev–Trinajstić information content (AvgIpc) is 2.44. The molecule has 0 aliphatic heterocycles. The molecular formula is C14H16F2O5. The number of rotatable bonds is 7. The van der Waals surface area contributed by atoms with Crippen LogP contribution in [0.1, 0.15) is 29.3 Å². The monoisotopic (exact) mass is 302 g/mol. The van der Waals surface area contributed by atoms with Crippen LogP contribution in [-0.2, 0) is 20.7 Å². The van der Waals surface area contributed by atoms with E-state index in [0.29, 0.717) is 5.56 Å². The summed E-state index contributed by atoms with van der Waals surface area (Å²) >= 11 is 0. The van der Waals surface area contributed by atoms with E-state index in [2.05, 4.69) is 9.47 Å². The molecular weight excluding hydrogens is 286 g/mol. The van der Waals surface area contributed by atoms with Crippen LogP contribution < -0.4 is 4.74 Å². The van der Waals surface area contributed by atoms with Gasteiger partial charge in [0.1, 0.15) is 5.75 Å². The first-order valence-corrected chi connectivity index (χ1v) is 6.29. The van der Waals surface area contributed by atoms with Crippen molar-refractivity contribution in [3.8, 4) is 5.75 Å². The Morgan fingerprint density at radius 3 is 2.57 bits per heavy atom. The van der Waals surface area contributed by atoms with Crippen LogP contribution in [0.3, 0.4) is 0 Å². The van der Waals surface area contributed by atoms with Gasteiger partial charge in [0.2, 0.25) is 0 Å². The maximum atomic E-state index is 12.4. The minimum Gasteiger partial charge on any atom is -0.466 e. The second-order valence-corrected chi connectivity index (χ2v) is 4.00. The second kappa shape index (κ2) is 8.18. The Hall–Kier alpha value is -2.18. The highest BCUT2D eigenvalue weighted by Gasteiger charge is 2.15. The molecule has 0 spiro atoms. The lowest BCUT2D eigenvalue weighted by molar-refractivity contribution is -0.143. The minimum absolute atomic E-state index is 0.0327. The summed E-state index contributed by atoms with van der Waals surface area (Å²) in [7, 11) is 1.19. The summed E-state index contributed by atoms with van der Waals surface area (Å²) in [6, 6.07) is 4.03. The first kappa shape index (κ1) is 16.9. The van der Waals surface area contributed by atoms with E-state index in [1.165, 1.54) is 25.3 Å². The largest absolute Gasteiger partial charge is 0.466 e. The summed E-state index contributed by atoms with van der Waals surface area (Å²) < 4.78 is 38.5. The van der Waals surface area contributed by atoms with Crippen LogP contribution in [0.15, 0.2) is 18.2 Å². The number of halogens is 2. The molecule has 0 bridgehead atoms. The quantitative estimate of drug-likeness (QED) is 0.724. The van der Waals surface area contributed by atoms with Gasteiger partial charge in [0.25, 0.3) is 0 Å². The van der Waals surface area contributed by atoms with E-state index < -0.39 is 18.6 Å². The van der Waals surface area contributed by atoms with Crippen molar-refractivity contribution in [3.05, 3.63) is 29.3 Å². The molecule has 0 radical (unpaired) electrons. The van der Waals surface area contributed by atoms with Crippen molar-refractivity contribution < 1.29 is 32.6 Å². The summed E-state index contributed by atoms with van der Waals surface area (Å²) in [5.74, 6) is -1.25. The average molecular weight is 302 g/mol. The van der Waals surface area contributed by atoms with Crippen LogP contribution >= 0.6 is 0 Å². The van der Waals surface area contributed by atoms with Gasteiger partial charge in [-0.1, -0.05) is 6.07 Å². The number of hydrogen-bond donors (Lipinski definition) is 0. The lowest BCUT2D eigenvalue weighted by Crippen LogP contribution is -2.09. The number of alkyl halides is 2. The van der Waals surface area contributed by atoms with Crippen LogP contribution in [0, 0.1) is 0 Å². The minimum atomic E-state index is -3.03. The van der Waals surface area contributed by atoms with Crippen molar-refractivity contribution in [3.63, 3.8) is 0 Å². The smallest absolute Gasteiger partial charge is 0.387 e. The number of esters is 2. The van der Waals surface area contributed by atoms with Gasteiger partial charge < -0.3 is 14.2 Å². The van der Waals surface area contributed by atoms with Gasteiger partial charge in [0, 0.05) is 6.42 Å².